The van der Waals surface area contributed by atoms with Crippen LogP contribution in [0.2, 0.25) is 0 Å². The fraction of sp³-hybridized carbons (Fsp3) is 0.545. The summed E-state index contributed by atoms with van der Waals surface area (Å²) in [5, 5.41) is 10.8. The third kappa shape index (κ3) is 3.98. The maximum atomic E-state index is 13.2. The maximum Gasteiger partial charge on any atom is 0.198 e. The Kier molecular flexibility index (Phi) is 5.72. The second kappa shape index (κ2) is 8.37. The molecule has 1 spiro atoms. The number of nitrogens with zero attached hydrogens (tertiary/aromatic N) is 2. The number of fused-ring (bicyclic) bond motifs is 2. The number of thiophene rings is 1. The van der Waals surface area contributed by atoms with Gasteiger partial charge in [-0.05, 0) is 55.1 Å². The second-order valence-electron chi connectivity index (χ2n) is 8.43. The van der Waals surface area contributed by atoms with Crippen molar-refractivity contribution in [2.24, 2.45) is 0 Å². The van der Waals surface area contributed by atoms with Gasteiger partial charge >= 0.3 is 0 Å². The Morgan fingerprint density at radius 2 is 1.77 bits per heavy atom. The first kappa shape index (κ1) is 21.2. The van der Waals surface area contributed by atoms with Crippen LogP contribution in [0.1, 0.15) is 24.8 Å². The minimum Gasteiger partial charge on any atom is -0.508 e. The van der Waals surface area contributed by atoms with E-state index in [1.54, 1.807) is 12.1 Å². The predicted molar refractivity (Wildman–Crippen MR) is 119 cm³/mol. The zero-order valence-corrected chi connectivity index (χ0v) is 19.0. The molecule has 1 unspecified atom stereocenters. The van der Waals surface area contributed by atoms with Crippen molar-refractivity contribution in [1.82, 2.24) is 4.90 Å². The SMILES string of the molecule is O=S1(=O)c2sccc2C2(CC1CCCN1CCN(c3ccc(O)cc3)CC1)OCCO2. The molecule has 3 aliphatic rings. The van der Waals surface area contributed by atoms with Gasteiger partial charge in [-0.15, -0.1) is 11.3 Å². The Morgan fingerprint density at radius 1 is 1.06 bits per heavy atom. The van der Waals surface area contributed by atoms with Crippen molar-refractivity contribution >= 4 is 26.9 Å². The highest BCUT2D eigenvalue weighted by molar-refractivity contribution is 7.94. The van der Waals surface area contributed by atoms with Crippen LogP contribution in [0.25, 0.3) is 0 Å². The molecule has 0 aliphatic carbocycles. The summed E-state index contributed by atoms with van der Waals surface area (Å²) in [5.74, 6) is -0.592. The average Bonchev–Trinajstić information content (AvgIpc) is 3.44. The molecule has 1 atom stereocenters. The zero-order valence-electron chi connectivity index (χ0n) is 17.4. The molecular formula is C22H28N2O5S2. The van der Waals surface area contributed by atoms with E-state index in [1.165, 1.54) is 11.3 Å². The van der Waals surface area contributed by atoms with Gasteiger partial charge in [0.25, 0.3) is 0 Å². The lowest BCUT2D eigenvalue weighted by molar-refractivity contribution is -0.174. The third-order valence-corrected chi connectivity index (χ3v) is 10.3. The number of anilines is 1. The predicted octanol–water partition coefficient (Wildman–Crippen LogP) is 2.80. The zero-order chi connectivity index (χ0) is 21.5. The molecule has 9 heteroatoms. The van der Waals surface area contributed by atoms with E-state index in [0.29, 0.717) is 35.8 Å². The largest absolute Gasteiger partial charge is 0.508 e. The van der Waals surface area contributed by atoms with Gasteiger partial charge in [0.05, 0.1) is 18.5 Å². The molecule has 168 valence electrons. The van der Waals surface area contributed by atoms with Crippen LogP contribution in [-0.4, -0.2) is 69.6 Å². The van der Waals surface area contributed by atoms with Crippen LogP contribution in [0.3, 0.4) is 0 Å². The molecule has 0 radical (unpaired) electrons. The molecule has 2 fully saturated rings. The van der Waals surface area contributed by atoms with E-state index in [4.69, 9.17) is 9.47 Å². The van der Waals surface area contributed by atoms with E-state index in [2.05, 4.69) is 9.80 Å². The highest BCUT2D eigenvalue weighted by Crippen LogP contribution is 2.48. The monoisotopic (exact) mass is 464 g/mol. The first-order valence-electron chi connectivity index (χ1n) is 10.8. The van der Waals surface area contributed by atoms with Gasteiger partial charge in [0, 0.05) is 43.9 Å². The van der Waals surface area contributed by atoms with E-state index >= 15 is 0 Å². The van der Waals surface area contributed by atoms with Crippen LogP contribution in [-0.2, 0) is 25.1 Å². The lowest BCUT2D eigenvalue weighted by atomic mass is 10.0. The summed E-state index contributed by atoms with van der Waals surface area (Å²) in [4.78, 5) is 4.72. The number of phenols is 1. The van der Waals surface area contributed by atoms with Gasteiger partial charge in [-0.2, -0.15) is 0 Å². The highest BCUT2D eigenvalue weighted by Gasteiger charge is 2.52. The Morgan fingerprint density at radius 3 is 2.48 bits per heavy atom. The van der Waals surface area contributed by atoms with E-state index in [0.717, 1.165) is 44.8 Å². The second-order valence-corrected chi connectivity index (χ2v) is 11.8. The molecule has 2 saturated heterocycles. The summed E-state index contributed by atoms with van der Waals surface area (Å²) < 4.78 is 38.6. The number of hydrogen-bond acceptors (Lipinski definition) is 8. The first-order chi connectivity index (χ1) is 15.0. The average molecular weight is 465 g/mol. The van der Waals surface area contributed by atoms with Gasteiger partial charge in [0.1, 0.15) is 9.96 Å². The number of piperazine rings is 1. The maximum absolute atomic E-state index is 13.2. The number of rotatable bonds is 5. The van der Waals surface area contributed by atoms with E-state index in [-0.39, 0.29) is 5.75 Å². The van der Waals surface area contributed by atoms with Crippen molar-refractivity contribution in [2.75, 3.05) is 50.8 Å². The molecule has 7 nitrogen and oxygen atoms in total. The molecule has 31 heavy (non-hydrogen) atoms. The Bertz CT molecular complexity index is 1010. The van der Waals surface area contributed by atoms with Crippen molar-refractivity contribution in [3.05, 3.63) is 41.3 Å². The third-order valence-electron chi connectivity index (χ3n) is 6.58. The standard InChI is InChI=1S/C22H28N2O5S2/c25-18-5-3-17(4-6-18)24-11-9-23(10-12-24)8-1-2-19-16-22(28-13-14-29-22)20-7-15-30-21(20)31(19,26)27/h3-7,15,19,25H,1-2,8-14,16H2. The fourth-order valence-electron chi connectivity index (χ4n) is 4.89. The van der Waals surface area contributed by atoms with E-state index < -0.39 is 20.9 Å². The molecule has 0 saturated carbocycles. The number of phenolic OH excluding ortho intramolecular Hbond substituents is 1. The van der Waals surface area contributed by atoms with Gasteiger partial charge < -0.3 is 19.5 Å². The summed E-state index contributed by atoms with van der Waals surface area (Å²) in [6, 6.07) is 9.17. The summed E-state index contributed by atoms with van der Waals surface area (Å²) >= 11 is 1.28. The Labute approximate surface area is 187 Å². The van der Waals surface area contributed by atoms with Crippen molar-refractivity contribution in [1.29, 1.82) is 0 Å². The molecule has 1 aromatic heterocycles. The van der Waals surface area contributed by atoms with Crippen LogP contribution in [0.5, 0.6) is 5.75 Å². The number of sulfone groups is 1. The highest BCUT2D eigenvalue weighted by atomic mass is 32.2. The molecular weight excluding hydrogens is 436 g/mol. The quantitative estimate of drug-likeness (QED) is 0.729. The topological polar surface area (TPSA) is 79.3 Å². The molecule has 0 amide bonds. The first-order valence-corrected chi connectivity index (χ1v) is 13.3. The summed E-state index contributed by atoms with van der Waals surface area (Å²) in [6.07, 6.45) is 1.83. The molecule has 3 aliphatic heterocycles. The molecule has 5 rings (SSSR count). The van der Waals surface area contributed by atoms with Gasteiger partial charge in [0.15, 0.2) is 15.6 Å². The van der Waals surface area contributed by atoms with E-state index in [1.807, 2.05) is 23.6 Å². The van der Waals surface area contributed by atoms with Crippen LogP contribution in [0.15, 0.2) is 39.9 Å². The minimum absolute atomic E-state index is 0.282. The van der Waals surface area contributed by atoms with Gasteiger partial charge in [-0.25, -0.2) is 8.42 Å². The lowest BCUT2D eigenvalue weighted by Crippen LogP contribution is -2.47. The smallest absolute Gasteiger partial charge is 0.198 e. The molecule has 2 aromatic rings. The van der Waals surface area contributed by atoms with Crippen molar-refractivity contribution in [2.45, 2.75) is 34.5 Å². The number of benzene rings is 1. The molecule has 0 bridgehead atoms. The van der Waals surface area contributed by atoms with Crippen molar-refractivity contribution < 1.29 is 23.0 Å². The number of hydrogen-bond donors (Lipinski definition) is 1. The fourth-order valence-corrected chi connectivity index (χ4v) is 8.43. The Hall–Kier alpha value is -1.65. The van der Waals surface area contributed by atoms with Crippen LogP contribution in [0, 0.1) is 0 Å². The number of ether oxygens (including phenoxy) is 2. The summed E-state index contributed by atoms with van der Waals surface area (Å²) in [6.45, 7) is 5.65. The van der Waals surface area contributed by atoms with Gasteiger partial charge in [-0.3, -0.25) is 4.90 Å². The molecule has 1 N–H and O–H groups in total. The molecule has 4 heterocycles. The van der Waals surface area contributed by atoms with Crippen LogP contribution >= 0.6 is 11.3 Å². The molecule has 1 aromatic carbocycles. The Balaban J connectivity index is 1.17. The minimum atomic E-state index is -3.34. The number of aromatic hydroxyl groups is 1. The van der Waals surface area contributed by atoms with Gasteiger partial charge in [-0.1, -0.05) is 0 Å². The normalized spacial score (nSPS) is 25.0. The van der Waals surface area contributed by atoms with Crippen molar-refractivity contribution in [3.8, 4) is 5.75 Å². The summed E-state index contributed by atoms with van der Waals surface area (Å²) in [7, 11) is -3.34. The van der Waals surface area contributed by atoms with Crippen LogP contribution in [0.4, 0.5) is 5.69 Å². The summed E-state index contributed by atoms with van der Waals surface area (Å²) in [5.41, 5.74) is 1.82. The lowest BCUT2D eigenvalue weighted by Gasteiger charge is -2.37. The van der Waals surface area contributed by atoms with E-state index in [9.17, 15) is 13.5 Å². The van der Waals surface area contributed by atoms with Crippen LogP contribution < -0.4 is 4.90 Å². The van der Waals surface area contributed by atoms with Crippen molar-refractivity contribution in [3.63, 3.8) is 0 Å². The van der Waals surface area contributed by atoms with Gasteiger partial charge in [0.2, 0.25) is 0 Å².